The molecule has 0 atom stereocenters. The molecule has 27 heteroatoms. The van der Waals surface area contributed by atoms with Crippen LogP contribution >= 0.6 is 0 Å². The first-order valence-electron chi connectivity index (χ1n) is 5.60. The number of halogens is 12. The van der Waals surface area contributed by atoms with Gasteiger partial charge in [0, 0.05) is 6.06 Å². The monoisotopic (exact) mass is 588 g/mol. The van der Waals surface area contributed by atoms with Crippen molar-refractivity contribution in [2.45, 2.75) is 22.0 Å². The van der Waals surface area contributed by atoms with E-state index in [-0.39, 0.29) is 0 Å². The second kappa shape index (κ2) is 7.68. The predicted molar refractivity (Wildman–Crippen MR) is 66.2 cm³/mol. The Hall–Kier alpha value is -1.22. The normalized spacial score (nSPS) is 15.4. The maximum atomic E-state index is 12.5. The molecule has 0 bridgehead atoms. The molecule has 0 aromatic rings. The summed E-state index contributed by atoms with van der Waals surface area (Å²) < 4.78 is 232. The van der Waals surface area contributed by atoms with Crippen LogP contribution in [0.25, 0.3) is 0 Å². The van der Waals surface area contributed by atoms with E-state index in [9.17, 15) is 86.4 Å². The van der Waals surface area contributed by atoms with E-state index < -0.39 is 77.3 Å². The van der Waals surface area contributed by atoms with E-state index in [0.717, 1.165) is 0 Å². The summed E-state index contributed by atoms with van der Waals surface area (Å²) in [6.45, 7) is 0. The highest BCUT2D eigenvalue weighted by atomic mass is 32.3. The first kappa shape index (κ1) is 29.8. The molecule has 0 spiro atoms. The number of hydrogen-bond donors (Lipinski definition) is 0. The summed E-state index contributed by atoms with van der Waals surface area (Å²) in [6.07, 6.45) is 0. The molecule has 0 amide bonds. The molecule has 0 radical (unpaired) electrons. The van der Waals surface area contributed by atoms with E-state index >= 15 is 0 Å². The highest BCUT2D eigenvalue weighted by Crippen LogP contribution is 2.34. The van der Waals surface area contributed by atoms with Gasteiger partial charge in [0.05, 0.1) is 0 Å². The lowest BCUT2D eigenvalue weighted by Crippen LogP contribution is -2.48. The smallest absolute Gasteiger partial charge is 0.153 e. The van der Waals surface area contributed by atoms with Crippen LogP contribution in [0.5, 0.6) is 0 Å². The summed E-state index contributed by atoms with van der Waals surface area (Å²) in [4.78, 5) is 0. The third kappa shape index (κ3) is 5.24. The zero-order valence-electron chi connectivity index (χ0n) is 12.8. The van der Waals surface area contributed by atoms with Crippen molar-refractivity contribution >= 4 is 49.2 Å². The number of alkyl halides is 12. The van der Waals surface area contributed by atoms with Gasteiger partial charge in [-0.05, 0) is 0 Å². The molecule has 0 unspecified atom stereocenters. The Morgan fingerprint density at radius 3 is 0.613 bits per heavy atom. The Bertz CT molecular complexity index is 1050. The molecule has 0 aromatic heterocycles. The van der Waals surface area contributed by atoms with E-state index in [4.69, 9.17) is 0 Å². The lowest BCUT2D eigenvalue weighted by atomic mass is 11.6. The highest BCUT2D eigenvalue weighted by Gasteiger charge is 2.71. The minimum Gasteiger partial charge on any atom is -0.153 e. The summed E-state index contributed by atoms with van der Waals surface area (Å²) >= 11 is 0. The Morgan fingerprint density at radius 1 is 0.387 bits per heavy atom. The van der Waals surface area contributed by atoms with Crippen molar-refractivity contribution in [3.05, 3.63) is 0 Å². The quantitative estimate of drug-likeness (QED) is 0.341. The van der Waals surface area contributed by atoms with Gasteiger partial charge >= 0.3 is 71.2 Å². The zero-order valence-corrected chi connectivity index (χ0v) is 17.1. The molecule has 0 N–H and O–H groups in total. The first-order valence-corrected chi connectivity index (χ1v) is 12.2. The SMILES string of the molecule is O=S(=O)([N+](=[Si]=[N+](S(=O)(=O)C(F)(F)F)S(=O)(=O)C(F)(F)F)S(=O)(=O)C(F)(F)F)C(F)(F)F. The first-order chi connectivity index (χ1) is 13.0. The lowest BCUT2D eigenvalue weighted by Gasteiger charge is -2.08. The van der Waals surface area contributed by atoms with Gasteiger partial charge in [-0.25, -0.2) is 0 Å². The van der Waals surface area contributed by atoms with Gasteiger partial charge in [0.25, 0.3) is 0 Å². The van der Waals surface area contributed by atoms with Crippen molar-refractivity contribution in [1.29, 1.82) is 0 Å². The zero-order chi connectivity index (χ0) is 25.9. The van der Waals surface area contributed by atoms with Gasteiger partial charge in [0.1, 0.15) is 0 Å². The summed E-state index contributed by atoms with van der Waals surface area (Å²) in [5.41, 5.74) is -28.9. The lowest BCUT2D eigenvalue weighted by molar-refractivity contribution is -0.270. The topological polar surface area (TPSA) is 143 Å². The molecule has 0 aliphatic carbocycles. The van der Waals surface area contributed by atoms with Crippen LogP contribution in [-0.4, -0.2) is 70.9 Å². The summed E-state index contributed by atoms with van der Waals surface area (Å²) in [6, 6.07) is 0. The molecule has 0 rings (SSSR count). The highest BCUT2D eigenvalue weighted by molar-refractivity contribution is 7.99. The van der Waals surface area contributed by atoms with Gasteiger partial charge in [-0.2, -0.15) is 86.4 Å². The van der Waals surface area contributed by atoms with Gasteiger partial charge in [-0.3, -0.25) is 0 Å². The second-order valence-corrected chi connectivity index (χ2v) is 14.3. The second-order valence-electron chi connectivity index (χ2n) is 4.30. The molecule has 0 fully saturated rings. The fraction of sp³-hybridized carbons (Fsp3) is 1.00. The van der Waals surface area contributed by atoms with Crippen LogP contribution in [-0.2, 0) is 40.1 Å². The van der Waals surface area contributed by atoms with E-state index in [2.05, 4.69) is 0 Å². The third-order valence-corrected chi connectivity index (χ3v) is 12.8. The maximum Gasteiger partial charge on any atom is 0.829 e. The Balaban J connectivity index is 8.59. The Kier molecular flexibility index (Phi) is 7.37. The predicted octanol–water partition coefficient (Wildman–Crippen LogP) is 0.481. The minimum atomic E-state index is -8.15. The Morgan fingerprint density at radius 2 is 0.516 bits per heavy atom. The van der Waals surface area contributed by atoms with Crippen LogP contribution in [0.15, 0.2) is 0 Å². The van der Waals surface area contributed by atoms with Gasteiger partial charge in [0.2, 0.25) is 0 Å². The molecule has 0 aliphatic rings. The maximum absolute atomic E-state index is 12.5. The van der Waals surface area contributed by atoms with Crippen LogP contribution in [0, 0.1) is 0 Å². The molecular weight excluding hydrogens is 588 g/mol. The molecule has 0 saturated heterocycles. The van der Waals surface area contributed by atoms with Gasteiger partial charge in [-0.15, -0.1) is 0 Å². The van der Waals surface area contributed by atoms with Crippen LogP contribution in [0.4, 0.5) is 52.7 Å². The molecule has 0 saturated carbocycles. The molecule has 0 heterocycles. The van der Waals surface area contributed by atoms with E-state index in [1.54, 1.807) is 0 Å². The Labute approximate surface area is 164 Å². The minimum absolute atomic E-state index is 3.22. The summed E-state index contributed by atoms with van der Waals surface area (Å²) in [5, 5.41) is 0. The van der Waals surface area contributed by atoms with Crippen LogP contribution in [0.3, 0.4) is 0 Å². The number of rotatable bonds is 4. The van der Waals surface area contributed by atoms with Crippen LogP contribution in [0.1, 0.15) is 0 Å². The van der Waals surface area contributed by atoms with Crippen LogP contribution < -0.4 is 0 Å². The van der Waals surface area contributed by atoms with E-state index in [1.165, 1.54) is 0 Å². The fourth-order valence-corrected chi connectivity index (χ4v) is 9.44. The van der Waals surface area contributed by atoms with E-state index in [0.29, 0.717) is 0 Å². The number of hydrogen-bond acceptors (Lipinski definition) is 8. The molecular formula is C4F12N2O8S4Si+2. The van der Waals surface area contributed by atoms with Crippen molar-refractivity contribution in [1.82, 2.24) is 0 Å². The number of sulfonamides is 4. The average Bonchev–Trinajstić information content (AvgIpc) is 2.41. The van der Waals surface area contributed by atoms with Crippen molar-refractivity contribution in [2.24, 2.45) is 0 Å². The summed E-state index contributed by atoms with van der Waals surface area (Å²) in [7, 11) is -37.3. The van der Waals surface area contributed by atoms with E-state index in [1.807, 2.05) is 0 Å². The van der Waals surface area contributed by atoms with Gasteiger partial charge < -0.3 is 0 Å². The van der Waals surface area contributed by atoms with Gasteiger partial charge in [-0.1, -0.05) is 0 Å². The molecule has 10 nitrogen and oxygen atoms in total. The average molecular weight is 588 g/mol. The molecule has 0 aliphatic heterocycles. The van der Waals surface area contributed by atoms with Crippen molar-refractivity contribution in [2.75, 3.05) is 0 Å². The standard InChI is InChI=1S/C4F12N2O8S4Si/c5-1(6,7)27(19,20)17(28(21,22)2(8,9)10)31-18(29(23,24)3(11,12)13)30(25,26)4(14,15)16/q+2. The molecule has 184 valence electrons. The fourth-order valence-electron chi connectivity index (χ4n) is 0.916. The largest absolute Gasteiger partial charge is 0.829 e. The van der Waals surface area contributed by atoms with Gasteiger partial charge in [0.15, 0.2) is 0 Å². The molecule has 31 heavy (non-hydrogen) atoms. The molecule has 0 aromatic carbocycles. The van der Waals surface area contributed by atoms with Crippen molar-refractivity contribution < 1.29 is 92.4 Å². The summed E-state index contributed by atoms with van der Waals surface area (Å²) in [5.74, 6) is 0. The van der Waals surface area contributed by atoms with Crippen molar-refractivity contribution in [3.63, 3.8) is 0 Å². The number of nitrogens with zero attached hydrogens (tertiary/aromatic N) is 2. The van der Waals surface area contributed by atoms with Crippen molar-refractivity contribution in [3.8, 4) is 0 Å². The third-order valence-electron chi connectivity index (χ3n) is 2.21. The van der Waals surface area contributed by atoms with Crippen LogP contribution in [0.2, 0.25) is 0 Å².